The molecule has 0 bridgehead atoms. The first-order chi connectivity index (χ1) is 6.57. The second-order valence-electron chi connectivity index (χ2n) is 3.55. The highest BCUT2D eigenvalue weighted by molar-refractivity contribution is 9.10. The molecule has 0 aliphatic carbocycles. The van der Waals surface area contributed by atoms with Gasteiger partial charge in [0.05, 0.1) is 6.54 Å². The van der Waals surface area contributed by atoms with Gasteiger partial charge in [0, 0.05) is 16.9 Å². The Balaban J connectivity index is 2.14. The highest BCUT2D eigenvalue weighted by atomic mass is 79.9. The van der Waals surface area contributed by atoms with Gasteiger partial charge >= 0.3 is 0 Å². The first kappa shape index (κ1) is 10.1. The third-order valence-electron chi connectivity index (χ3n) is 2.38. The Morgan fingerprint density at radius 3 is 2.43 bits per heavy atom. The van der Waals surface area contributed by atoms with Crippen molar-refractivity contribution >= 4 is 15.9 Å². The quantitative estimate of drug-likeness (QED) is 0.819. The van der Waals surface area contributed by atoms with Crippen molar-refractivity contribution < 1.29 is 8.78 Å². The van der Waals surface area contributed by atoms with Crippen LogP contribution in [0.4, 0.5) is 8.78 Å². The summed E-state index contributed by atoms with van der Waals surface area (Å²) >= 11 is 3.31. The second-order valence-corrected chi connectivity index (χ2v) is 4.46. The summed E-state index contributed by atoms with van der Waals surface area (Å²) in [7, 11) is 0. The Morgan fingerprint density at radius 2 is 1.93 bits per heavy atom. The van der Waals surface area contributed by atoms with E-state index in [0.717, 1.165) is 10.0 Å². The molecule has 1 aromatic carbocycles. The number of hydrogen-bond donors (Lipinski definition) is 1. The lowest BCUT2D eigenvalue weighted by Gasteiger charge is -2.10. The fourth-order valence-corrected chi connectivity index (χ4v) is 1.91. The van der Waals surface area contributed by atoms with Crippen LogP contribution in [0.1, 0.15) is 18.0 Å². The van der Waals surface area contributed by atoms with Crippen LogP contribution < -0.4 is 5.32 Å². The van der Waals surface area contributed by atoms with Crippen LogP contribution in [0, 0.1) is 0 Å². The molecule has 14 heavy (non-hydrogen) atoms. The molecule has 1 atom stereocenters. The van der Waals surface area contributed by atoms with Gasteiger partial charge in [-0.05, 0) is 17.7 Å². The van der Waals surface area contributed by atoms with Crippen molar-refractivity contribution in [2.24, 2.45) is 0 Å². The van der Waals surface area contributed by atoms with Gasteiger partial charge < -0.3 is 5.32 Å². The number of nitrogens with one attached hydrogen (secondary N) is 1. The summed E-state index contributed by atoms with van der Waals surface area (Å²) in [6.07, 6.45) is -0.103. The SMILES string of the molecule is FC1(F)CNC(c2ccc(Br)cc2)C1. The van der Waals surface area contributed by atoms with Gasteiger partial charge in [-0.15, -0.1) is 0 Å². The molecule has 1 N–H and O–H groups in total. The molecule has 1 saturated heterocycles. The van der Waals surface area contributed by atoms with E-state index in [1.165, 1.54) is 0 Å². The van der Waals surface area contributed by atoms with Crippen LogP contribution in [-0.4, -0.2) is 12.5 Å². The van der Waals surface area contributed by atoms with Gasteiger partial charge in [0.15, 0.2) is 0 Å². The highest BCUT2D eigenvalue weighted by Gasteiger charge is 2.39. The Bertz CT molecular complexity index is 323. The summed E-state index contributed by atoms with van der Waals surface area (Å²) in [4.78, 5) is 0. The van der Waals surface area contributed by atoms with E-state index in [1.54, 1.807) is 0 Å². The van der Waals surface area contributed by atoms with Gasteiger partial charge in [-0.25, -0.2) is 8.78 Å². The van der Waals surface area contributed by atoms with Crippen molar-refractivity contribution in [1.29, 1.82) is 0 Å². The minimum atomic E-state index is -2.56. The van der Waals surface area contributed by atoms with Crippen LogP contribution in [0.2, 0.25) is 0 Å². The minimum absolute atomic E-state index is 0.103. The maximum Gasteiger partial charge on any atom is 0.262 e. The lowest BCUT2D eigenvalue weighted by Crippen LogP contribution is -2.19. The van der Waals surface area contributed by atoms with Crippen LogP contribution in [0.5, 0.6) is 0 Å². The molecule has 0 saturated carbocycles. The predicted octanol–water partition coefficient (Wildman–Crippen LogP) is 3.12. The molecule has 1 aliphatic heterocycles. The number of halogens is 3. The van der Waals surface area contributed by atoms with Crippen molar-refractivity contribution in [3.05, 3.63) is 34.3 Å². The highest BCUT2D eigenvalue weighted by Crippen LogP contribution is 2.34. The molecule has 1 heterocycles. The van der Waals surface area contributed by atoms with E-state index in [9.17, 15) is 8.78 Å². The molecule has 76 valence electrons. The van der Waals surface area contributed by atoms with Gasteiger partial charge in [-0.3, -0.25) is 0 Å². The Morgan fingerprint density at radius 1 is 1.29 bits per heavy atom. The molecule has 1 aliphatic rings. The predicted molar refractivity (Wildman–Crippen MR) is 54.4 cm³/mol. The monoisotopic (exact) mass is 261 g/mol. The zero-order chi connectivity index (χ0) is 10.2. The van der Waals surface area contributed by atoms with Crippen LogP contribution >= 0.6 is 15.9 Å². The van der Waals surface area contributed by atoms with Crippen molar-refractivity contribution in [2.75, 3.05) is 6.54 Å². The number of hydrogen-bond acceptors (Lipinski definition) is 1. The van der Waals surface area contributed by atoms with Crippen molar-refractivity contribution in [3.8, 4) is 0 Å². The molecule has 0 radical (unpaired) electrons. The summed E-state index contributed by atoms with van der Waals surface area (Å²) in [6.45, 7) is -0.215. The topological polar surface area (TPSA) is 12.0 Å². The minimum Gasteiger partial charge on any atom is -0.304 e. The van der Waals surface area contributed by atoms with E-state index in [4.69, 9.17) is 0 Å². The first-order valence-electron chi connectivity index (χ1n) is 4.43. The molecule has 1 aromatic rings. The molecule has 2 rings (SSSR count). The Kier molecular flexibility index (Phi) is 2.58. The number of benzene rings is 1. The fourth-order valence-electron chi connectivity index (χ4n) is 1.65. The number of alkyl halides is 2. The molecule has 1 unspecified atom stereocenters. The van der Waals surface area contributed by atoms with Gasteiger partial charge in [-0.1, -0.05) is 28.1 Å². The van der Waals surface area contributed by atoms with Gasteiger partial charge in [-0.2, -0.15) is 0 Å². The molecule has 1 fully saturated rings. The Labute approximate surface area is 89.6 Å². The Hall–Kier alpha value is -0.480. The van der Waals surface area contributed by atoms with E-state index in [-0.39, 0.29) is 19.0 Å². The molecule has 0 spiro atoms. The maximum atomic E-state index is 12.9. The molecular weight excluding hydrogens is 252 g/mol. The van der Waals surface area contributed by atoms with Crippen LogP contribution in [0.15, 0.2) is 28.7 Å². The standard InChI is InChI=1S/C10H10BrF2N/c11-8-3-1-7(2-4-8)9-5-10(12,13)6-14-9/h1-4,9,14H,5-6H2. The smallest absolute Gasteiger partial charge is 0.262 e. The van der Waals surface area contributed by atoms with Crippen molar-refractivity contribution in [3.63, 3.8) is 0 Å². The zero-order valence-electron chi connectivity index (χ0n) is 7.43. The summed E-state index contributed by atoms with van der Waals surface area (Å²) in [5, 5.41) is 2.82. The maximum absolute atomic E-state index is 12.9. The van der Waals surface area contributed by atoms with E-state index in [2.05, 4.69) is 21.2 Å². The first-order valence-corrected chi connectivity index (χ1v) is 5.23. The number of rotatable bonds is 1. The van der Waals surface area contributed by atoms with Crippen LogP contribution in [-0.2, 0) is 0 Å². The lowest BCUT2D eigenvalue weighted by molar-refractivity contribution is 0.0210. The molecule has 1 nitrogen and oxygen atoms in total. The summed E-state index contributed by atoms with van der Waals surface area (Å²) in [6, 6.07) is 7.26. The van der Waals surface area contributed by atoms with Crippen molar-refractivity contribution in [2.45, 2.75) is 18.4 Å². The van der Waals surface area contributed by atoms with Crippen molar-refractivity contribution in [1.82, 2.24) is 5.32 Å². The molecular formula is C10H10BrF2N. The lowest BCUT2D eigenvalue weighted by atomic mass is 10.0. The molecule has 0 amide bonds. The molecule has 4 heteroatoms. The van der Waals surface area contributed by atoms with Gasteiger partial charge in [0.1, 0.15) is 0 Å². The average molecular weight is 262 g/mol. The largest absolute Gasteiger partial charge is 0.304 e. The zero-order valence-corrected chi connectivity index (χ0v) is 9.02. The van der Waals surface area contributed by atoms with Gasteiger partial charge in [0.25, 0.3) is 5.92 Å². The van der Waals surface area contributed by atoms with Crippen LogP contribution in [0.25, 0.3) is 0 Å². The van der Waals surface area contributed by atoms with Gasteiger partial charge in [0.2, 0.25) is 0 Å². The molecule has 0 aromatic heterocycles. The summed E-state index contributed by atoms with van der Waals surface area (Å²) < 4.78 is 26.7. The fraction of sp³-hybridized carbons (Fsp3) is 0.400. The van der Waals surface area contributed by atoms with E-state index >= 15 is 0 Å². The summed E-state index contributed by atoms with van der Waals surface area (Å²) in [5.41, 5.74) is 0.922. The third kappa shape index (κ3) is 2.12. The average Bonchev–Trinajstić information content (AvgIpc) is 2.47. The van der Waals surface area contributed by atoms with Crippen LogP contribution in [0.3, 0.4) is 0 Å². The third-order valence-corrected chi connectivity index (χ3v) is 2.91. The summed E-state index contributed by atoms with van der Waals surface area (Å²) in [5.74, 6) is -2.56. The van der Waals surface area contributed by atoms with E-state index in [1.807, 2.05) is 24.3 Å². The second kappa shape index (κ2) is 3.59. The van der Waals surface area contributed by atoms with E-state index in [0.29, 0.717) is 0 Å². The normalized spacial score (nSPS) is 25.2. The van der Waals surface area contributed by atoms with E-state index < -0.39 is 5.92 Å².